The molecule has 5 heteroatoms. The smallest absolute Gasteiger partial charge is 0.120 e. The van der Waals surface area contributed by atoms with Gasteiger partial charge < -0.3 is 10.4 Å². The van der Waals surface area contributed by atoms with Gasteiger partial charge >= 0.3 is 0 Å². The fourth-order valence-corrected chi connectivity index (χ4v) is 3.08. The Kier molecular flexibility index (Phi) is 4.45. The molecule has 17 heavy (non-hydrogen) atoms. The van der Waals surface area contributed by atoms with Gasteiger partial charge in [-0.05, 0) is 40.2 Å². The second kappa shape index (κ2) is 5.87. The van der Waals surface area contributed by atoms with E-state index in [2.05, 4.69) is 27.3 Å². The number of phenolic OH excluding ortho intramolecular Hbond substituents is 1. The second-order valence-electron chi connectivity index (χ2n) is 3.61. The first-order chi connectivity index (χ1) is 8.15. The predicted octanol–water partition coefficient (Wildman–Crippen LogP) is 4.16. The Balaban J connectivity index is 1.91. The van der Waals surface area contributed by atoms with Crippen LogP contribution in [0.3, 0.4) is 0 Å². The van der Waals surface area contributed by atoms with Crippen LogP contribution >= 0.6 is 38.9 Å². The summed E-state index contributed by atoms with van der Waals surface area (Å²) >= 11 is 11.0. The van der Waals surface area contributed by atoms with Gasteiger partial charge in [0.05, 0.1) is 0 Å². The van der Waals surface area contributed by atoms with Gasteiger partial charge in [0.15, 0.2) is 0 Å². The molecular weight excluding hydrogens is 322 g/mol. The molecule has 0 spiro atoms. The molecule has 0 saturated carbocycles. The maximum absolute atomic E-state index is 9.63. The topological polar surface area (TPSA) is 32.3 Å². The van der Waals surface area contributed by atoms with Crippen molar-refractivity contribution in [3.8, 4) is 5.75 Å². The van der Waals surface area contributed by atoms with Crippen molar-refractivity contribution in [1.82, 2.24) is 5.32 Å². The summed E-state index contributed by atoms with van der Waals surface area (Å²) in [6.45, 7) is 1.38. The Morgan fingerprint density at radius 1 is 1.29 bits per heavy atom. The zero-order chi connectivity index (χ0) is 12.3. The number of nitrogens with one attached hydrogen (secondary N) is 1. The molecule has 0 atom stereocenters. The van der Waals surface area contributed by atoms with Crippen LogP contribution < -0.4 is 5.32 Å². The number of phenols is 1. The molecule has 2 nitrogen and oxygen atoms in total. The number of rotatable bonds is 4. The van der Waals surface area contributed by atoms with E-state index in [1.807, 2.05) is 5.38 Å². The van der Waals surface area contributed by atoms with E-state index < -0.39 is 0 Å². The van der Waals surface area contributed by atoms with E-state index in [1.165, 1.54) is 4.88 Å². The fourth-order valence-electron chi connectivity index (χ4n) is 1.46. The molecule has 0 saturated heterocycles. The van der Waals surface area contributed by atoms with Crippen LogP contribution in [0.15, 0.2) is 34.1 Å². The molecule has 1 aromatic heterocycles. The zero-order valence-electron chi connectivity index (χ0n) is 8.91. The van der Waals surface area contributed by atoms with Crippen molar-refractivity contribution in [3.63, 3.8) is 0 Å². The van der Waals surface area contributed by atoms with E-state index in [0.29, 0.717) is 11.6 Å². The normalized spacial score (nSPS) is 10.7. The van der Waals surface area contributed by atoms with Crippen LogP contribution in [-0.4, -0.2) is 5.11 Å². The standard InChI is InChI=1S/C12H11BrClNOS/c13-9-4-11(17-7-9)6-15-5-8-3-10(14)1-2-12(8)16/h1-4,7,15-16H,5-6H2. The van der Waals surface area contributed by atoms with Gasteiger partial charge in [-0.3, -0.25) is 0 Å². The van der Waals surface area contributed by atoms with Crippen LogP contribution in [0.1, 0.15) is 10.4 Å². The maximum atomic E-state index is 9.63. The summed E-state index contributed by atoms with van der Waals surface area (Å²) in [6, 6.07) is 7.14. The number of aromatic hydroxyl groups is 1. The van der Waals surface area contributed by atoms with E-state index in [0.717, 1.165) is 16.6 Å². The molecule has 0 fully saturated rings. The molecule has 2 N–H and O–H groups in total. The molecule has 0 bridgehead atoms. The molecule has 2 aromatic rings. The molecule has 1 heterocycles. The van der Waals surface area contributed by atoms with Gasteiger partial charge in [-0.2, -0.15) is 0 Å². The highest BCUT2D eigenvalue weighted by molar-refractivity contribution is 9.10. The molecule has 0 radical (unpaired) electrons. The van der Waals surface area contributed by atoms with Gasteiger partial charge in [-0.25, -0.2) is 0 Å². The highest BCUT2D eigenvalue weighted by Crippen LogP contribution is 2.22. The molecule has 0 aliphatic heterocycles. The number of hydrogen-bond donors (Lipinski definition) is 2. The Hall–Kier alpha value is -0.550. The van der Waals surface area contributed by atoms with Gasteiger partial charge in [0.1, 0.15) is 5.75 Å². The van der Waals surface area contributed by atoms with Crippen LogP contribution in [0.5, 0.6) is 5.75 Å². The van der Waals surface area contributed by atoms with Gasteiger partial charge in [0.25, 0.3) is 0 Å². The van der Waals surface area contributed by atoms with Crippen LogP contribution in [-0.2, 0) is 13.1 Å². The lowest BCUT2D eigenvalue weighted by atomic mass is 10.2. The average molecular weight is 333 g/mol. The minimum absolute atomic E-state index is 0.272. The summed E-state index contributed by atoms with van der Waals surface area (Å²) in [7, 11) is 0. The average Bonchev–Trinajstić information content (AvgIpc) is 2.69. The van der Waals surface area contributed by atoms with Crippen molar-refractivity contribution in [1.29, 1.82) is 0 Å². The largest absolute Gasteiger partial charge is 0.508 e. The Morgan fingerprint density at radius 3 is 2.82 bits per heavy atom. The van der Waals surface area contributed by atoms with Crippen molar-refractivity contribution in [2.75, 3.05) is 0 Å². The van der Waals surface area contributed by atoms with Gasteiger partial charge in [0, 0.05) is 38.4 Å². The predicted molar refractivity (Wildman–Crippen MR) is 75.7 cm³/mol. The Bertz CT molecular complexity index is 515. The summed E-state index contributed by atoms with van der Waals surface area (Å²) in [4.78, 5) is 1.25. The highest BCUT2D eigenvalue weighted by atomic mass is 79.9. The third-order valence-corrected chi connectivity index (χ3v) is 4.21. The van der Waals surface area contributed by atoms with E-state index in [9.17, 15) is 5.11 Å². The van der Waals surface area contributed by atoms with Crippen molar-refractivity contribution in [2.24, 2.45) is 0 Å². The quantitative estimate of drug-likeness (QED) is 0.881. The van der Waals surface area contributed by atoms with Crippen LogP contribution in [0.4, 0.5) is 0 Å². The second-order valence-corrected chi connectivity index (χ2v) is 5.96. The van der Waals surface area contributed by atoms with E-state index in [1.54, 1.807) is 29.5 Å². The summed E-state index contributed by atoms with van der Waals surface area (Å²) in [5.74, 6) is 0.272. The van der Waals surface area contributed by atoms with Crippen LogP contribution in [0.25, 0.3) is 0 Å². The monoisotopic (exact) mass is 331 g/mol. The fraction of sp³-hybridized carbons (Fsp3) is 0.167. The summed E-state index contributed by atoms with van der Waals surface area (Å²) in [5, 5.41) is 15.6. The maximum Gasteiger partial charge on any atom is 0.120 e. The van der Waals surface area contributed by atoms with Gasteiger partial charge in [0.2, 0.25) is 0 Å². The first kappa shape index (κ1) is 12.9. The number of benzene rings is 1. The summed E-state index contributed by atoms with van der Waals surface area (Å²) < 4.78 is 1.10. The van der Waals surface area contributed by atoms with Crippen molar-refractivity contribution >= 4 is 38.9 Å². The SMILES string of the molecule is Oc1ccc(Cl)cc1CNCc1cc(Br)cs1. The van der Waals surface area contributed by atoms with Crippen molar-refractivity contribution in [2.45, 2.75) is 13.1 Å². The number of hydrogen-bond acceptors (Lipinski definition) is 3. The van der Waals surface area contributed by atoms with Crippen LogP contribution in [0.2, 0.25) is 5.02 Å². The Labute approximate surface area is 117 Å². The van der Waals surface area contributed by atoms with Gasteiger partial charge in [-0.1, -0.05) is 11.6 Å². The van der Waals surface area contributed by atoms with Crippen molar-refractivity contribution in [3.05, 3.63) is 49.6 Å². The number of thiophene rings is 1. The van der Waals surface area contributed by atoms with Gasteiger partial charge in [-0.15, -0.1) is 11.3 Å². The zero-order valence-corrected chi connectivity index (χ0v) is 12.1. The molecule has 0 unspecified atom stereocenters. The molecule has 0 aliphatic carbocycles. The lowest BCUT2D eigenvalue weighted by molar-refractivity contribution is 0.464. The highest BCUT2D eigenvalue weighted by Gasteiger charge is 2.02. The summed E-state index contributed by atoms with van der Waals surface area (Å²) in [5.41, 5.74) is 0.813. The molecular formula is C12H11BrClNOS. The molecule has 2 rings (SSSR count). The Morgan fingerprint density at radius 2 is 2.12 bits per heavy atom. The summed E-state index contributed by atoms with van der Waals surface area (Å²) in [6.07, 6.45) is 0. The third kappa shape index (κ3) is 3.71. The first-order valence-corrected chi connectivity index (χ1v) is 7.11. The lowest BCUT2D eigenvalue weighted by Gasteiger charge is -2.06. The molecule has 90 valence electrons. The van der Waals surface area contributed by atoms with Crippen molar-refractivity contribution < 1.29 is 5.11 Å². The van der Waals surface area contributed by atoms with Crippen LogP contribution in [0, 0.1) is 0 Å². The minimum atomic E-state index is 0.272. The van der Waals surface area contributed by atoms with E-state index in [4.69, 9.17) is 11.6 Å². The molecule has 0 amide bonds. The molecule has 0 aliphatic rings. The third-order valence-electron chi connectivity index (χ3n) is 2.28. The number of halogens is 2. The van der Waals surface area contributed by atoms with E-state index >= 15 is 0 Å². The molecule has 1 aromatic carbocycles. The first-order valence-electron chi connectivity index (χ1n) is 5.06. The lowest BCUT2D eigenvalue weighted by Crippen LogP contribution is -2.11. The van der Waals surface area contributed by atoms with E-state index in [-0.39, 0.29) is 5.75 Å². The minimum Gasteiger partial charge on any atom is -0.508 e.